The molecular formula is C20H44FNO2. The SMILES string of the molecule is CCCCCCCCCCCCCCC(O)C[N+](C)(C)CCO.[F-]. The molecule has 0 aromatic rings. The van der Waals surface area contributed by atoms with E-state index in [1.807, 2.05) is 0 Å². The Balaban J connectivity index is 0. The number of halogens is 1. The van der Waals surface area contributed by atoms with Crippen molar-refractivity contribution >= 4 is 0 Å². The molecule has 0 aliphatic carbocycles. The molecule has 0 amide bonds. The Labute approximate surface area is 150 Å². The van der Waals surface area contributed by atoms with Crippen LogP contribution in [0, 0.1) is 0 Å². The predicted molar refractivity (Wildman–Crippen MR) is 101 cm³/mol. The Morgan fingerprint density at radius 1 is 0.750 bits per heavy atom. The van der Waals surface area contributed by atoms with Crippen LogP contribution < -0.4 is 4.70 Å². The summed E-state index contributed by atoms with van der Waals surface area (Å²) in [6, 6.07) is 0. The second kappa shape index (κ2) is 17.6. The van der Waals surface area contributed by atoms with Gasteiger partial charge in [0.2, 0.25) is 0 Å². The average Bonchev–Trinajstić information content (AvgIpc) is 2.47. The molecule has 3 nitrogen and oxygen atoms in total. The second-order valence-electron chi connectivity index (χ2n) is 7.90. The first kappa shape index (κ1) is 26.0. The van der Waals surface area contributed by atoms with Gasteiger partial charge in [0, 0.05) is 0 Å². The van der Waals surface area contributed by atoms with Gasteiger partial charge < -0.3 is 19.4 Å². The van der Waals surface area contributed by atoms with Gasteiger partial charge in [-0.15, -0.1) is 0 Å². The van der Waals surface area contributed by atoms with E-state index in [9.17, 15) is 5.11 Å². The van der Waals surface area contributed by atoms with Crippen LogP contribution in [-0.2, 0) is 0 Å². The maximum Gasteiger partial charge on any atom is 0.105 e. The summed E-state index contributed by atoms with van der Waals surface area (Å²) in [7, 11) is 4.14. The Hall–Kier alpha value is -0.190. The van der Waals surface area contributed by atoms with Crippen molar-refractivity contribution in [1.29, 1.82) is 0 Å². The molecule has 0 rings (SSSR count). The van der Waals surface area contributed by atoms with Gasteiger partial charge in [0.15, 0.2) is 0 Å². The molecule has 4 heteroatoms. The van der Waals surface area contributed by atoms with E-state index in [-0.39, 0.29) is 17.4 Å². The molecule has 0 saturated heterocycles. The van der Waals surface area contributed by atoms with Crippen molar-refractivity contribution in [3.8, 4) is 0 Å². The van der Waals surface area contributed by atoms with Crippen LogP contribution in [0.2, 0.25) is 0 Å². The zero-order valence-electron chi connectivity index (χ0n) is 16.6. The molecule has 1 unspecified atom stereocenters. The fourth-order valence-electron chi connectivity index (χ4n) is 3.24. The van der Waals surface area contributed by atoms with E-state index in [1.54, 1.807) is 0 Å². The van der Waals surface area contributed by atoms with Crippen molar-refractivity contribution in [2.45, 2.75) is 96.5 Å². The van der Waals surface area contributed by atoms with E-state index < -0.39 is 0 Å². The number of hydrogen-bond acceptors (Lipinski definition) is 2. The molecular weight excluding hydrogens is 305 g/mol. The first-order chi connectivity index (χ1) is 11.0. The summed E-state index contributed by atoms with van der Waals surface area (Å²) in [5, 5.41) is 19.1. The normalized spacial score (nSPS) is 12.9. The smallest absolute Gasteiger partial charge is 0.105 e. The van der Waals surface area contributed by atoms with E-state index in [1.165, 1.54) is 70.6 Å². The minimum Gasteiger partial charge on any atom is -1.00 e. The quantitative estimate of drug-likeness (QED) is 0.309. The molecule has 0 aliphatic heterocycles. The van der Waals surface area contributed by atoms with Crippen LogP contribution >= 0.6 is 0 Å². The van der Waals surface area contributed by atoms with E-state index in [0.717, 1.165) is 25.9 Å². The van der Waals surface area contributed by atoms with Gasteiger partial charge in [-0.05, 0) is 6.42 Å². The molecule has 0 saturated carbocycles. The van der Waals surface area contributed by atoms with Crippen LogP contribution in [0.1, 0.15) is 90.4 Å². The first-order valence-corrected chi connectivity index (χ1v) is 10.1. The minimum atomic E-state index is -0.223. The van der Waals surface area contributed by atoms with Crippen LogP contribution in [-0.4, -0.2) is 54.6 Å². The van der Waals surface area contributed by atoms with Gasteiger partial charge in [0.1, 0.15) is 19.2 Å². The summed E-state index contributed by atoms with van der Waals surface area (Å²) in [5.41, 5.74) is 0. The van der Waals surface area contributed by atoms with Gasteiger partial charge in [-0.3, -0.25) is 0 Å². The number of likely N-dealkylation sites (N-methyl/N-ethyl adjacent to an activating group) is 1. The fraction of sp³-hybridized carbons (Fsp3) is 1.00. The summed E-state index contributed by atoms with van der Waals surface area (Å²) in [6.07, 6.45) is 17.0. The van der Waals surface area contributed by atoms with Gasteiger partial charge in [-0.25, -0.2) is 0 Å². The molecule has 2 N–H and O–H groups in total. The van der Waals surface area contributed by atoms with Gasteiger partial charge in [-0.1, -0.05) is 84.0 Å². The molecule has 1 atom stereocenters. The van der Waals surface area contributed by atoms with Crippen LogP contribution in [0.4, 0.5) is 0 Å². The lowest BCUT2D eigenvalue weighted by Crippen LogP contribution is -3.00. The Morgan fingerprint density at radius 2 is 1.17 bits per heavy atom. The third-order valence-electron chi connectivity index (χ3n) is 4.80. The average molecular weight is 350 g/mol. The Bertz CT molecular complexity index is 250. The zero-order chi connectivity index (χ0) is 17.4. The highest BCUT2D eigenvalue weighted by molar-refractivity contribution is 4.56. The number of unbranched alkanes of at least 4 members (excludes halogenated alkanes) is 11. The highest BCUT2D eigenvalue weighted by atomic mass is 19.0. The molecule has 0 bridgehead atoms. The van der Waals surface area contributed by atoms with Gasteiger partial charge in [0.05, 0.1) is 20.7 Å². The van der Waals surface area contributed by atoms with Crippen molar-refractivity contribution in [2.75, 3.05) is 33.8 Å². The Kier molecular flexibility index (Phi) is 19.1. The first-order valence-electron chi connectivity index (χ1n) is 10.1. The van der Waals surface area contributed by atoms with Crippen molar-refractivity contribution in [1.82, 2.24) is 0 Å². The van der Waals surface area contributed by atoms with E-state index in [2.05, 4.69) is 21.0 Å². The van der Waals surface area contributed by atoms with Crippen molar-refractivity contribution < 1.29 is 19.4 Å². The summed E-state index contributed by atoms with van der Waals surface area (Å²) in [4.78, 5) is 0. The lowest BCUT2D eigenvalue weighted by atomic mass is 10.0. The van der Waals surface area contributed by atoms with Gasteiger partial charge in [-0.2, -0.15) is 0 Å². The number of quaternary nitrogens is 1. The largest absolute Gasteiger partial charge is 1.00 e. The highest BCUT2D eigenvalue weighted by Gasteiger charge is 2.19. The number of rotatable bonds is 17. The van der Waals surface area contributed by atoms with Gasteiger partial charge in [0.25, 0.3) is 0 Å². The minimum absolute atomic E-state index is 0. The lowest BCUT2D eigenvalue weighted by molar-refractivity contribution is -0.893. The third kappa shape index (κ3) is 18.2. The maximum atomic E-state index is 10.1. The van der Waals surface area contributed by atoms with Crippen LogP contribution in [0.25, 0.3) is 0 Å². The summed E-state index contributed by atoms with van der Waals surface area (Å²) in [6.45, 7) is 3.93. The molecule has 24 heavy (non-hydrogen) atoms. The Morgan fingerprint density at radius 3 is 1.58 bits per heavy atom. The summed E-state index contributed by atoms with van der Waals surface area (Å²) in [5.74, 6) is 0. The molecule has 0 aliphatic rings. The topological polar surface area (TPSA) is 40.5 Å². The van der Waals surface area contributed by atoms with Crippen molar-refractivity contribution in [3.05, 3.63) is 0 Å². The van der Waals surface area contributed by atoms with Crippen molar-refractivity contribution in [2.24, 2.45) is 0 Å². The molecule has 0 radical (unpaired) electrons. The lowest BCUT2D eigenvalue weighted by Gasteiger charge is -2.31. The molecule has 0 aromatic heterocycles. The third-order valence-corrected chi connectivity index (χ3v) is 4.80. The van der Waals surface area contributed by atoms with Crippen LogP contribution in [0.5, 0.6) is 0 Å². The van der Waals surface area contributed by atoms with Crippen LogP contribution in [0.3, 0.4) is 0 Å². The number of nitrogens with zero attached hydrogens (tertiary/aromatic N) is 1. The fourth-order valence-corrected chi connectivity index (χ4v) is 3.24. The molecule has 0 fully saturated rings. The van der Waals surface area contributed by atoms with E-state index >= 15 is 0 Å². The second-order valence-corrected chi connectivity index (χ2v) is 7.90. The number of aliphatic hydroxyl groups is 2. The molecule has 0 spiro atoms. The van der Waals surface area contributed by atoms with Crippen LogP contribution in [0.15, 0.2) is 0 Å². The molecule has 148 valence electrons. The van der Waals surface area contributed by atoms with Crippen molar-refractivity contribution in [3.63, 3.8) is 0 Å². The van der Waals surface area contributed by atoms with Gasteiger partial charge >= 0.3 is 0 Å². The number of aliphatic hydroxyl groups excluding tert-OH is 2. The van der Waals surface area contributed by atoms with E-state index in [4.69, 9.17) is 5.11 Å². The highest BCUT2D eigenvalue weighted by Crippen LogP contribution is 2.13. The zero-order valence-corrected chi connectivity index (χ0v) is 16.6. The monoisotopic (exact) mass is 349 g/mol. The standard InChI is InChI=1S/C20H44NO2.FH/c1-4-5-6-7-8-9-10-11-12-13-14-15-16-20(23)19-21(2,3)17-18-22;/h20,22-23H,4-19H2,1-3H3;1H/q+1;/p-1. The predicted octanol–water partition coefficient (Wildman–Crippen LogP) is 1.51. The summed E-state index contributed by atoms with van der Waals surface area (Å²) >= 11 is 0. The van der Waals surface area contributed by atoms with E-state index in [0.29, 0.717) is 4.48 Å². The molecule has 0 heterocycles. The number of hydrogen-bond donors (Lipinski definition) is 2. The maximum absolute atomic E-state index is 10.1. The molecule has 0 aromatic carbocycles. The summed E-state index contributed by atoms with van der Waals surface area (Å²) < 4.78 is 0.704.